The number of nitrogens with zero attached hydrogens (tertiary/aromatic N) is 3. The number of aromatic nitrogens is 2. The highest BCUT2D eigenvalue weighted by atomic mass is 16.5. The summed E-state index contributed by atoms with van der Waals surface area (Å²) in [5.74, 6) is 1.35. The van der Waals surface area contributed by atoms with Gasteiger partial charge in [-0.15, -0.1) is 0 Å². The Morgan fingerprint density at radius 3 is 3.05 bits per heavy atom. The van der Waals surface area contributed by atoms with Crippen molar-refractivity contribution in [3.05, 3.63) is 11.7 Å². The molecule has 1 saturated heterocycles. The summed E-state index contributed by atoms with van der Waals surface area (Å²) in [5.41, 5.74) is 0. The molecule has 0 aliphatic carbocycles. The van der Waals surface area contributed by atoms with Gasteiger partial charge in [-0.3, -0.25) is 9.69 Å². The van der Waals surface area contributed by atoms with E-state index in [-0.39, 0.29) is 12.3 Å². The molecule has 0 amide bonds. The van der Waals surface area contributed by atoms with Crippen molar-refractivity contribution in [3.63, 3.8) is 0 Å². The Hall–Kier alpha value is -1.43. The number of piperidine rings is 1. The van der Waals surface area contributed by atoms with Crippen molar-refractivity contribution in [1.29, 1.82) is 0 Å². The zero-order valence-electron chi connectivity index (χ0n) is 12.2. The van der Waals surface area contributed by atoms with E-state index in [1.165, 1.54) is 0 Å². The topological polar surface area (TPSA) is 79.5 Å². The number of hydrogen-bond donors (Lipinski definition) is 1. The number of carboxylic acid groups (broad SMARTS) is 1. The van der Waals surface area contributed by atoms with Crippen molar-refractivity contribution < 1.29 is 14.4 Å². The van der Waals surface area contributed by atoms with Crippen molar-refractivity contribution in [3.8, 4) is 0 Å². The summed E-state index contributed by atoms with van der Waals surface area (Å²) in [6.45, 7) is 6.66. The second-order valence-corrected chi connectivity index (χ2v) is 5.67. The molecule has 112 valence electrons. The zero-order valence-corrected chi connectivity index (χ0v) is 12.2. The van der Waals surface area contributed by atoms with Crippen molar-refractivity contribution in [2.24, 2.45) is 11.8 Å². The van der Waals surface area contributed by atoms with E-state index in [1.54, 1.807) is 0 Å². The molecular formula is C14H23N3O3. The monoisotopic (exact) mass is 281 g/mol. The largest absolute Gasteiger partial charge is 0.481 e. The third-order valence-corrected chi connectivity index (χ3v) is 4.02. The molecule has 20 heavy (non-hydrogen) atoms. The van der Waals surface area contributed by atoms with E-state index in [0.717, 1.165) is 38.2 Å². The Bertz CT molecular complexity index is 447. The van der Waals surface area contributed by atoms with Crippen LogP contribution in [0.5, 0.6) is 0 Å². The molecular weight excluding hydrogens is 258 g/mol. The van der Waals surface area contributed by atoms with Gasteiger partial charge in [-0.25, -0.2) is 0 Å². The number of aryl methyl sites for hydroxylation is 1. The highest BCUT2D eigenvalue weighted by Crippen LogP contribution is 2.26. The van der Waals surface area contributed by atoms with Crippen molar-refractivity contribution in [1.82, 2.24) is 15.0 Å². The summed E-state index contributed by atoms with van der Waals surface area (Å²) in [5, 5.41) is 12.9. The molecule has 1 N–H and O–H groups in total. The maximum absolute atomic E-state index is 10.8. The summed E-state index contributed by atoms with van der Waals surface area (Å²) in [6.07, 6.45) is 3.22. The normalized spacial score (nSPS) is 21.8. The van der Waals surface area contributed by atoms with E-state index < -0.39 is 5.97 Å². The lowest BCUT2D eigenvalue weighted by Crippen LogP contribution is -2.38. The molecule has 1 aromatic heterocycles. The van der Waals surface area contributed by atoms with Gasteiger partial charge in [-0.2, -0.15) is 4.98 Å². The second-order valence-electron chi connectivity index (χ2n) is 5.67. The first-order valence-corrected chi connectivity index (χ1v) is 7.34. The fourth-order valence-electron chi connectivity index (χ4n) is 2.84. The minimum Gasteiger partial charge on any atom is -0.481 e. The Labute approximate surface area is 119 Å². The van der Waals surface area contributed by atoms with Crippen molar-refractivity contribution in [2.45, 2.75) is 46.1 Å². The number of hydrogen-bond acceptors (Lipinski definition) is 5. The van der Waals surface area contributed by atoms with Gasteiger partial charge in [0.2, 0.25) is 5.89 Å². The molecule has 6 nitrogen and oxygen atoms in total. The van der Waals surface area contributed by atoms with Gasteiger partial charge in [-0.1, -0.05) is 19.0 Å². The first-order valence-electron chi connectivity index (χ1n) is 7.34. The summed E-state index contributed by atoms with van der Waals surface area (Å²) in [7, 11) is 0. The molecule has 1 aliphatic heterocycles. The molecule has 1 aliphatic rings. The van der Waals surface area contributed by atoms with Gasteiger partial charge in [0.05, 0.1) is 6.54 Å². The lowest BCUT2D eigenvalue weighted by Gasteiger charge is -2.34. The molecule has 0 bridgehead atoms. The number of carboxylic acids is 1. The molecule has 2 unspecified atom stereocenters. The summed E-state index contributed by atoms with van der Waals surface area (Å²) < 4.78 is 5.12. The van der Waals surface area contributed by atoms with Crippen LogP contribution in [-0.2, 0) is 17.8 Å². The predicted octanol–water partition coefficient (Wildman–Crippen LogP) is 1.95. The molecule has 2 rings (SSSR count). The number of aliphatic carboxylic acids is 1. The van der Waals surface area contributed by atoms with E-state index in [4.69, 9.17) is 9.63 Å². The van der Waals surface area contributed by atoms with Crippen LogP contribution >= 0.6 is 0 Å². The molecule has 0 radical (unpaired) electrons. The molecule has 0 aromatic carbocycles. The zero-order chi connectivity index (χ0) is 14.5. The van der Waals surface area contributed by atoms with Gasteiger partial charge < -0.3 is 9.63 Å². The average molecular weight is 281 g/mol. The van der Waals surface area contributed by atoms with Gasteiger partial charge in [0, 0.05) is 19.4 Å². The molecule has 0 saturated carbocycles. The predicted molar refractivity (Wildman–Crippen MR) is 73.1 cm³/mol. The Kier molecular flexibility index (Phi) is 5.11. The number of likely N-dealkylation sites (tertiary alicyclic amines) is 1. The maximum atomic E-state index is 10.8. The van der Waals surface area contributed by atoms with Crippen molar-refractivity contribution >= 4 is 5.97 Å². The quantitative estimate of drug-likeness (QED) is 0.858. The van der Waals surface area contributed by atoms with Crippen LogP contribution in [-0.4, -0.2) is 39.2 Å². The third kappa shape index (κ3) is 4.03. The van der Waals surface area contributed by atoms with Gasteiger partial charge in [0.1, 0.15) is 0 Å². The molecule has 1 aromatic rings. The standard InChI is InChI=1S/C14H23N3O3/c1-3-13-15-12(16-20-13)9-17-6-4-5-11(8-17)10(2)7-14(18)19/h10-11H,3-9H2,1-2H3,(H,18,19). The van der Waals surface area contributed by atoms with E-state index >= 15 is 0 Å². The molecule has 2 heterocycles. The first-order chi connectivity index (χ1) is 9.58. The summed E-state index contributed by atoms with van der Waals surface area (Å²) in [6, 6.07) is 0. The average Bonchev–Trinajstić information content (AvgIpc) is 2.86. The van der Waals surface area contributed by atoms with Crippen LogP contribution in [0.1, 0.15) is 44.8 Å². The van der Waals surface area contributed by atoms with E-state index in [2.05, 4.69) is 15.0 Å². The van der Waals surface area contributed by atoms with E-state index in [1.807, 2.05) is 13.8 Å². The maximum Gasteiger partial charge on any atom is 0.303 e. The van der Waals surface area contributed by atoms with E-state index in [9.17, 15) is 4.79 Å². The molecule has 0 spiro atoms. The van der Waals surface area contributed by atoms with Crippen LogP contribution in [0.2, 0.25) is 0 Å². The summed E-state index contributed by atoms with van der Waals surface area (Å²) >= 11 is 0. The molecule has 1 fully saturated rings. The smallest absolute Gasteiger partial charge is 0.303 e. The Balaban J connectivity index is 1.88. The molecule has 2 atom stereocenters. The Morgan fingerprint density at radius 1 is 1.60 bits per heavy atom. The second kappa shape index (κ2) is 6.83. The van der Waals surface area contributed by atoms with Crippen LogP contribution in [0.25, 0.3) is 0 Å². The van der Waals surface area contributed by atoms with Crippen LogP contribution < -0.4 is 0 Å². The van der Waals surface area contributed by atoms with Gasteiger partial charge in [0.15, 0.2) is 5.82 Å². The highest BCUT2D eigenvalue weighted by Gasteiger charge is 2.26. The number of carbonyl (C=O) groups is 1. The minimum absolute atomic E-state index is 0.215. The fourth-order valence-corrected chi connectivity index (χ4v) is 2.84. The van der Waals surface area contributed by atoms with Crippen LogP contribution in [0.4, 0.5) is 0 Å². The lowest BCUT2D eigenvalue weighted by molar-refractivity contribution is -0.138. The fraction of sp³-hybridized carbons (Fsp3) is 0.786. The van der Waals surface area contributed by atoms with Gasteiger partial charge >= 0.3 is 5.97 Å². The van der Waals surface area contributed by atoms with Gasteiger partial charge in [-0.05, 0) is 31.2 Å². The Morgan fingerprint density at radius 2 is 2.40 bits per heavy atom. The minimum atomic E-state index is -0.708. The van der Waals surface area contributed by atoms with Crippen LogP contribution in [0.3, 0.4) is 0 Å². The third-order valence-electron chi connectivity index (χ3n) is 4.02. The lowest BCUT2D eigenvalue weighted by atomic mass is 9.84. The van der Waals surface area contributed by atoms with E-state index in [0.29, 0.717) is 18.4 Å². The number of rotatable bonds is 6. The molecule has 6 heteroatoms. The SMILES string of the molecule is CCc1nc(CN2CCCC(C(C)CC(=O)O)C2)no1. The van der Waals surface area contributed by atoms with Crippen LogP contribution in [0.15, 0.2) is 4.52 Å². The first kappa shape index (κ1) is 15.0. The summed E-state index contributed by atoms with van der Waals surface area (Å²) in [4.78, 5) is 17.4. The highest BCUT2D eigenvalue weighted by molar-refractivity contribution is 5.67. The van der Waals surface area contributed by atoms with Gasteiger partial charge in [0.25, 0.3) is 0 Å². The van der Waals surface area contributed by atoms with Crippen LogP contribution in [0, 0.1) is 11.8 Å². The van der Waals surface area contributed by atoms with Crippen molar-refractivity contribution in [2.75, 3.05) is 13.1 Å².